The summed E-state index contributed by atoms with van der Waals surface area (Å²) in [7, 11) is -3.75. The fourth-order valence-electron chi connectivity index (χ4n) is 1.78. The van der Waals surface area contributed by atoms with Crippen molar-refractivity contribution in [2.24, 2.45) is 0 Å². The van der Waals surface area contributed by atoms with E-state index in [1.165, 1.54) is 6.07 Å². The van der Waals surface area contributed by atoms with Gasteiger partial charge in [0, 0.05) is 13.0 Å². The van der Waals surface area contributed by atoms with Crippen molar-refractivity contribution >= 4 is 16.0 Å². The van der Waals surface area contributed by atoms with Crippen molar-refractivity contribution in [2.45, 2.75) is 17.7 Å². The van der Waals surface area contributed by atoms with Crippen molar-refractivity contribution in [1.29, 1.82) is 0 Å². The Bertz CT molecular complexity index is 598. The average molecular weight is 301 g/mol. The van der Waals surface area contributed by atoms with Crippen LogP contribution in [-0.2, 0) is 14.8 Å². The second kappa shape index (κ2) is 6.10. The van der Waals surface area contributed by atoms with E-state index in [-0.39, 0.29) is 30.0 Å². The molecule has 0 bridgehead atoms. The van der Waals surface area contributed by atoms with E-state index in [9.17, 15) is 13.2 Å². The topological polar surface area (TPSA) is 102 Å². The quantitative estimate of drug-likeness (QED) is 0.746. The molecule has 110 valence electrons. The van der Waals surface area contributed by atoms with Gasteiger partial charge in [0.05, 0.1) is 0 Å². The molecular weight excluding hydrogens is 286 g/mol. The molecule has 0 aliphatic carbocycles. The maximum Gasteiger partial charge on any atom is 0.303 e. The Morgan fingerprint density at radius 1 is 1.30 bits per heavy atom. The molecule has 20 heavy (non-hydrogen) atoms. The van der Waals surface area contributed by atoms with Crippen molar-refractivity contribution in [2.75, 3.05) is 19.8 Å². The highest BCUT2D eigenvalue weighted by molar-refractivity contribution is 7.89. The third-order valence-corrected chi connectivity index (χ3v) is 4.16. The zero-order valence-corrected chi connectivity index (χ0v) is 11.5. The second-order valence-electron chi connectivity index (χ2n) is 4.18. The van der Waals surface area contributed by atoms with E-state index in [0.29, 0.717) is 19.0 Å². The van der Waals surface area contributed by atoms with Gasteiger partial charge in [0.15, 0.2) is 11.5 Å². The van der Waals surface area contributed by atoms with Crippen molar-refractivity contribution in [3.05, 3.63) is 18.2 Å². The average Bonchev–Trinajstić information content (AvgIpc) is 2.43. The predicted octanol–water partition coefficient (Wildman–Crippen LogP) is 0.601. The SMILES string of the molecule is O=C(O)CCCNS(=O)(=O)c1cccc2c1OCCO2. The number of carbonyl (C=O) groups is 1. The van der Waals surface area contributed by atoms with Gasteiger partial charge in [0.2, 0.25) is 10.0 Å². The number of sulfonamides is 1. The van der Waals surface area contributed by atoms with Crippen LogP contribution >= 0.6 is 0 Å². The summed E-state index contributed by atoms with van der Waals surface area (Å²) in [5.74, 6) is -0.368. The summed E-state index contributed by atoms with van der Waals surface area (Å²) in [5.41, 5.74) is 0. The molecule has 0 fully saturated rings. The van der Waals surface area contributed by atoms with Crippen LogP contribution < -0.4 is 14.2 Å². The number of benzene rings is 1. The predicted molar refractivity (Wildman–Crippen MR) is 69.5 cm³/mol. The Morgan fingerprint density at radius 2 is 2.05 bits per heavy atom. The fraction of sp³-hybridized carbons (Fsp3) is 0.417. The normalized spacial score (nSPS) is 14.0. The Morgan fingerprint density at radius 3 is 2.80 bits per heavy atom. The van der Waals surface area contributed by atoms with Gasteiger partial charge >= 0.3 is 5.97 Å². The number of hydrogen-bond donors (Lipinski definition) is 2. The molecule has 1 aliphatic rings. The second-order valence-corrected chi connectivity index (χ2v) is 5.91. The van der Waals surface area contributed by atoms with E-state index < -0.39 is 16.0 Å². The van der Waals surface area contributed by atoms with Crippen molar-refractivity contribution < 1.29 is 27.8 Å². The Balaban J connectivity index is 2.11. The number of fused-ring (bicyclic) bond motifs is 1. The smallest absolute Gasteiger partial charge is 0.303 e. The highest BCUT2D eigenvalue weighted by atomic mass is 32.2. The van der Waals surface area contributed by atoms with Gasteiger partial charge in [0.1, 0.15) is 18.1 Å². The van der Waals surface area contributed by atoms with Crippen LogP contribution in [0.1, 0.15) is 12.8 Å². The lowest BCUT2D eigenvalue weighted by Crippen LogP contribution is -2.27. The third-order valence-electron chi connectivity index (χ3n) is 2.68. The first-order valence-electron chi connectivity index (χ1n) is 6.11. The number of carboxylic acid groups (broad SMARTS) is 1. The van der Waals surface area contributed by atoms with E-state index in [4.69, 9.17) is 14.6 Å². The monoisotopic (exact) mass is 301 g/mol. The molecule has 2 rings (SSSR count). The first kappa shape index (κ1) is 14.6. The molecule has 1 heterocycles. The maximum atomic E-state index is 12.2. The molecule has 0 aromatic heterocycles. The summed E-state index contributed by atoms with van der Waals surface area (Å²) >= 11 is 0. The molecule has 0 radical (unpaired) electrons. The zero-order chi connectivity index (χ0) is 14.6. The molecule has 0 amide bonds. The van der Waals surface area contributed by atoms with E-state index in [1.807, 2.05) is 0 Å². The van der Waals surface area contributed by atoms with Gasteiger partial charge in [-0.25, -0.2) is 13.1 Å². The number of nitrogens with one attached hydrogen (secondary N) is 1. The fourth-order valence-corrected chi connectivity index (χ4v) is 3.01. The number of aliphatic carboxylic acids is 1. The number of carboxylic acids is 1. The number of rotatable bonds is 6. The molecule has 0 saturated heterocycles. The molecule has 0 saturated carbocycles. The lowest BCUT2D eigenvalue weighted by atomic mass is 10.3. The number of ether oxygens (including phenoxy) is 2. The maximum absolute atomic E-state index is 12.2. The zero-order valence-electron chi connectivity index (χ0n) is 10.7. The standard InChI is InChI=1S/C12H15NO6S/c14-11(15)5-2-6-13-20(16,17)10-4-1-3-9-12(10)19-8-7-18-9/h1,3-4,13H,2,5-8H2,(H,14,15). The van der Waals surface area contributed by atoms with Crippen LogP contribution in [-0.4, -0.2) is 39.3 Å². The van der Waals surface area contributed by atoms with Crippen molar-refractivity contribution in [1.82, 2.24) is 4.72 Å². The summed E-state index contributed by atoms with van der Waals surface area (Å²) < 4.78 is 37.3. The van der Waals surface area contributed by atoms with Gasteiger partial charge < -0.3 is 14.6 Å². The molecule has 1 aromatic carbocycles. The first-order chi connectivity index (χ1) is 9.50. The van der Waals surface area contributed by atoms with Gasteiger partial charge in [-0.1, -0.05) is 6.07 Å². The summed E-state index contributed by atoms with van der Waals surface area (Å²) in [6.07, 6.45) is 0.135. The van der Waals surface area contributed by atoms with E-state index >= 15 is 0 Å². The third kappa shape index (κ3) is 3.40. The van der Waals surface area contributed by atoms with Gasteiger partial charge in [-0.05, 0) is 18.6 Å². The van der Waals surface area contributed by atoms with Crippen LogP contribution in [0, 0.1) is 0 Å². The molecule has 0 atom stereocenters. The van der Waals surface area contributed by atoms with Crippen LogP contribution in [0.5, 0.6) is 11.5 Å². The number of hydrogen-bond acceptors (Lipinski definition) is 5. The Kier molecular flexibility index (Phi) is 4.46. The van der Waals surface area contributed by atoms with Crippen LogP contribution in [0.25, 0.3) is 0 Å². The van der Waals surface area contributed by atoms with Gasteiger partial charge in [-0.3, -0.25) is 4.79 Å². The van der Waals surface area contributed by atoms with E-state index in [0.717, 1.165) is 0 Å². The number of para-hydroxylation sites is 1. The summed E-state index contributed by atoms with van der Waals surface area (Å²) in [4.78, 5) is 10.4. The highest BCUT2D eigenvalue weighted by Crippen LogP contribution is 2.36. The Hall–Kier alpha value is -1.80. The molecule has 0 unspecified atom stereocenters. The minimum absolute atomic E-state index is 0.00465. The van der Waals surface area contributed by atoms with Crippen molar-refractivity contribution in [3.8, 4) is 11.5 Å². The molecular formula is C12H15NO6S. The summed E-state index contributed by atoms with van der Waals surface area (Å²) in [5, 5.41) is 8.50. The minimum Gasteiger partial charge on any atom is -0.486 e. The summed E-state index contributed by atoms with van der Waals surface area (Å²) in [6, 6.07) is 4.63. The molecule has 0 spiro atoms. The van der Waals surface area contributed by atoms with Crippen LogP contribution in [0.3, 0.4) is 0 Å². The van der Waals surface area contributed by atoms with E-state index in [1.54, 1.807) is 12.1 Å². The van der Waals surface area contributed by atoms with Crippen LogP contribution in [0.15, 0.2) is 23.1 Å². The van der Waals surface area contributed by atoms with E-state index in [2.05, 4.69) is 4.72 Å². The molecule has 2 N–H and O–H groups in total. The van der Waals surface area contributed by atoms with Gasteiger partial charge in [-0.15, -0.1) is 0 Å². The minimum atomic E-state index is -3.75. The first-order valence-corrected chi connectivity index (χ1v) is 7.59. The van der Waals surface area contributed by atoms with Gasteiger partial charge in [-0.2, -0.15) is 0 Å². The lowest BCUT2D eigenvalue weighted by molar-refractivity contribution is -0.137. The molecule has 1 aliphatic heterocycles. The van der Waals surface area contributed by atoms with Crippen molar-refractivity contribution in [3.63, 3.8) is 0 Å². The van der Waals surface area contributed by atoms with Crippen LogP contribution in [0.2, 0.25) is 0 Å². The van der Waals surface area contributed by atoms with Gasteiger partial charge in [0.25, 0.3) is 0 Å². The molecule has 1 aromatic rings. The molecule has 8 heteroatoms. The summed E-state index contributed by atoms with van der Waals surface area (Å²) in [6.45, 7) is 0.722. The van der Waals surface area contributed by atoms with Crippen LogP contribution in [0.4, 0.5) is 0 Å². The molecule has 7 nitrogen and oxygen atoms in total. The largest absolute Gasteiger partial charge is 0.486 e. The lowest BCUT2D eigenvalue weighted by Gasteiger charge is -2.20. The Labute approximate surface area is 116 Å². The highest BCUT2D eigenvalue weighted by Gasteiger charge is 2.24.